The third kappa shape index (κ3) is 4.39. The summed E-state index contributed by atoms with van der Waals surface area (Å²) in [6.45, 7) is 6.87. The molecule has 1 aliphatic carbocycles. The lowest BCUT2D eigenvalue weighted by molar-refractivity contribution is -0.820. The molecule has 1 unspecified atom stereocenters. The van der Waals surface area contributed by atoms with Gasteiger partial charge in [-0.2, -0.15) is 4.21 Å². The Morgan fingerprint density at radius 2 is 1.95 bits per heavy atom. The van der Waals surface area contributed by atoms with E-state index >= 15 is 0 Å². The van der Waals surface area contributed by atoms with Crippen LogP contribution in [0.2, 0.25) is 0 Å². The number of hydrogen-bond donors (Lipinski definition) is 3. The molecule has 5 rings (SSSR count). The lowest BCUT2D eigenvalue weighted by Gasteiger charge is -2.38. The summed E-state index contributed by atoms with van der Waals surface area (Å²) < 4.78 is 24.9. The summed E-state index contributed by atoms with van der Waals surface area (Å²) in [5.74, 6) is 0.208. The first kappa shape index (κ1) is 25.3. The number of rotatable bonds is 6. The summed E-state index contributed by atoms with van der Waals surface area (Å²) in [5.41, 5.74) is 12.4. The fourth-order valence-corrected chi connectivity index (χ4v) is 6.89. The van der Waals surface area contributed by atoms with Gasteiger partial charge in [-0.15, -0.1) is 0 Å². The minimum absolute atomic E-state index is 0.125. The summed E-state index contributed by atoms with van der Waals surface area (Å²) >= 11 is -1.89. The van der Waals surface area contributed by atoms with E-state index < -0.39 is 11.3 Å². The average Bonchev–Trinajstić information content (AvgIpc) is 3.50. The lowest BCUT2D eigenvalue weighted by atomic mass is 9.87. The number of nitrogens with one attached hydrogen (secondary N) is 1. The molecule has 0 spiro atoms. The first-order valence-electron chi connectivity index (χ1n) is 12.6. The average molecular weight is 522 g/mol. The number of aromatic nitrogens is 3. The molecule has 9 nitrogen and oxygen atoms in total. The topological polar surface area (TPSA) is 123 Å². The van der Waals surface area contributed by atoms with Crippen molar-refractivity contribution in [2.75, 3.05) is 24.1 Å². The molecule has 3 aromatic rings. The maximum atomic E-state index is 12.4. The minimum atomic E-state index is -1.89. The van der Waals surface area contributed by atoms with Crippen molar-refractivity contribution >= 4 is 45.3 Å². The van der Waals surface area contributed by atoms with Gasteiger partial charge in [0.2, 0.25) is 0 Å². The summed E-state index contributed by atoms with van der Waals surface area (Å²) in [5, 5.41) is 3.67. The molecule has 1 amide bonds. The van der Waals surface area contributed by atoms with Gasteiger partial charge >= 0.3 is 11.3 Å². The normalized spacial score (nSPS) is 20.0. The van der Waals surface area contributed by atoms with Gasteiger partial charge in [0.15, 0.2) is 0 Å². The highest BCUT2D eigenvalue weighted by Crippen LogP contribution is 2.44. The fraction of sp³-hybridized carbons (Fsp3) is 0.370. The Labute approximate surface area is 219 Å². The van der Waals surface area contributed by atoms with Crippen molar-refractivity contribution in [3.8, 4) is 11.3 Å². The van der Waals surface area contributed by atoms with Gasteiger partial charge < -0.3 is 15.6 Å². The van der Waals surface area contributed by atoms with Gasteiger partial charge in [-0.05, 0) is 36.6 Å². The number of allylic oxidation sites excluding steroid dienone is 1. The summed E-state index contributed by atoms with van der Waals surface area (Å²) in [6.07, 6.45) is 8.00. The van der Waals surface area contributed by atoms with Gasteiger partial charge in [-0.1, -0.05) is 24.8 Å². The number of aryl methyl sites for hydroxylation is 1. The molecule has 194 valence electrons. The number of quaternary nitrogens is 1. The van der Waals surface area contributed by atoms with Crippen LogP contribution in [0.5, 0.6) is 0 Å². The molecule has 0 saturated carbocycles. The predicted octanol–water partition coefficient (Wildman–Crippen LogP) is 4.42. The molecule has 2 aromatic heterocycles. The number of likely N-dealkylation sites (tertiary alicyclic amines) is 1. The van der Waals surface area contributed by atoms with E-state index in [2.05, 4.69) is 27.9 Å². The van der Waals surface area contributed by atoms with Crippen LogP contribution in [-0.2, 0) is 23.1 Å². The highest BCUT2D eigenvalue weighted by Gasteiger charge is 2.46. The number of fused-ring (bicyclic) bond motifs is 1. The molecule has 10 heteroatoms. The number of nitrogens with zero attached hydrogens (tertiary/aromatic N) is 4. The zero-order chi connectivity index (χ0) is 26.3. The van der Waals surface area contributed by atoms with Crippen LogP contribution in [0.15, 0.2) is 48.8 Å². The van der Waals surface area contributed by atoms with Crippen LogP contribution in [-0.4, -0.2) is 52.2 Å². The van der Waals surface area contributed by atoms with E-state index in [1.54, 1.807) is 6.92 Å². The number of amides is 1. The number of carbonyl (C=O) groups is 1. The summed E-state index contributed by atoms with van der Waals surface area (Å²) in [7, 11) is 1.97. The van der Waals surface area contributed by atoms with Gasteiger partial charge in [0.05, 0.1) is 24.2 Å². The van der Waals surface area contributed by atoms with Crippen molar-refractivity contribution in [3.05, 3.63) is 54.4 Å². The zero-order valence-corrected chi connectivity index (χ0v) is 22.1. The van der Waals surface area contributed by atoms with E-state index in [1.807, 2.05) is 35.9 Å². The summed E-state index contributed by atoms with van der Waals surface area (Å²) in [6, 6.07) is 7.81. The van der Waals surface area contributed by atoms with E-state index in [0.29, 0.717) is 17.1 Å². The van der Waals surface area contributed by atoms with Crippen LogP contribution in [0.25, 0.3) is 27.9 Å². The SMILES string of the molecule is C=C(C)C(=O)Nc1ccc(-c2c(C3=CC[C@@H]([N+]4(S(=O)O)CCCC4)CC3)c3c(N)ncnc3n2C)cc1. The monoisotopic (exact) mass is 521 g/mol. The van der Waals surface area contributed by atoms with Crippen LogP contribution < -0.4 is 11.1 Å². The molecule has 1 fully saturated rings. The third-order valence-corrected chi connectivity index (χ3v) is 9.09. The molecule has 3 heterocycles. The Hall–Kier alpha value is -3.34. The summed E-state index contributed by atoms with van der Waals surface area (Å²) in [4.78, 5) is 20.8. The molecule has 2 aliphatic rings. The van der Waals surface area contributed by atoms with Crippen molar-refractivity contribution in [2.45, 2.75) is 45.1 Å². The Morgan fingerprint density at radius 3 is 2.54 bits per heavy atom. The van der Waals surface area contributed by atoms with Crippen LogP contribution in [0.4, 0.5) is 11.5 Å². The Morgan fingerprint density at radius 1 is 1.24 bits per heavy atom. The number of benzene rings is 1. The Bertz CT molecular complexity index is 1440. The second-order valence-electron chi connectivity index (χ2n) is 10.0. The highest BCUT2D eigenvalue weighted by atomic mass is 32.2. The smallest absolute Gasteiger partial charge is 0.358 e. The van der Waals surface area contributed by atoms with Gasteiger partial charge in [0.1, 0.15) is 23.8 Å². The quantitative estimate of drug-likeness (QED) is 0.251. The predicted molar refractivity (Wildman–Crippen MR) is 147 cm³/mol. The maximum Gasteiger partial charge on any atom is 0.358 e. The molecule has 0 radical (unpaired) electrons. The molecular formula is C27H33N6O3S+. The minimum Gasteiger partial charge on any atom is -0.383 e. The van der Waals surface area contributed by atoms with Gasteiger partial charge in [0.25, 0.3) is 5.91 Å². The molecule has 37 heavy (non-hydrogen) atoms. The Kier molecular flexibility index (Phi) is 6.74. The third-order valence-electron chi connectivity index (χ3n) is 7.80. The molecule has 1 saturated heterocycles. The van der Waals surface area contributed by atoms with E-state index in [0.717, 1.165) is 78.6 Å². The van der Waals surface area contributed by atoms with Gasteiger partial charge in [-0.3, -0.25) is 9.35 Å². The Balaban J connectivity index is 1.56. The number of hydrogen-bond acceptors (Lipinski definition) is 5. The van der Waals surface area contributed by atoms with Gasteiger partial charge in [0, 0.05) is 49.6 Å². The van der Waals surface area contributed by atoms with Crippen molar-refractivity contribution in [1.82, 2.24) is 14.5 Å². The van der Waals surface area contributed by atoms with E-state index in [9.17, 15) is 13.6 Å². The number of nitrogen functional groups attached to an aromatic ring is 1. The van der Waals surface area contributed by atoms with E-state index in [-0.39, 0.29) is 15.8 Å². The fourth-order valence-electron chi connectivity index (χ4n) is 5.87. The second-order valence-corrected chi connectivity index (χ2v) is 11.2. The van der Waals surface area contributed by atoms with Crippen molar-refractivity contribution < 1.29 is 17.4 Å². The number of anilines is 2. The zero-order valence-electron chi connectivity index (χ0n) is 21.2. The van der Waals surface area contributed by atoms with E-state index in [4.69, 9.17) is 5.73 Å². The molecule has 2 atom stereocenters. The van der Waals surface area contributed by atoms with Crippen molar-refractivity contribution in [2.24, 2.45) is 7.05 Å². The van der Waals surface area contributed by atoms with Crippen LogP contribution in [0.1, 0.15) is 44.6 Å². The molecular weight excluding hydrogens is 488 g/mol. The largest absolute Gasteiger partial charge is 0.383 e. The molecule has 1 aromatic carbocycles. The molecule has 1 aliphatic heterocycles. The van der Waals surface area contributed by atoms with Crippen molar-refractivity contribution in [3.63, 3.8) is 0 Å². The molecule has 4 N–H and O–H groups in total. The highest BCUT2D eigenvalue weighted by molar-refractivity contribution is 7.73. The first-order chi connectivity index (χ1) is 17.7. The number of nitrogens with two attached hydrogens (primary N) is 1. The van der Waals surface area contributed by atoms with Crippen LogP contribution in [0, 0.1) is 0 Å². The maximum absolute atomic E-state index is 12.4. The van der Waals surface area contributed by atoms with Gasteiger partial charge in [-0.25, -0.2) is 13.9 Å². The van der Waals surface area contributed by atoms with Crippen LogP contribution >= 0.6 is 0 Å². The van der Waals surface area contributed by atoms with Crippen LogP contribution in [0.3, 0.4) is 0 Å². The standard InChI is InChI=1S/C27H32N6O3S/c1-17(2)27(34)31-20-10-6-19(7-11-20)24-22(23-25(28)29-16-30-26(23)32(24)3)18-8-12-21(13-9-18)33(37(35)36)14-4-5-15-33/h6-8,10-11,16,21H,1,4-5,9,12-15H2,2-3H3,(H3-,28,29,30,31,34,35,36)/p+1/t21-/m1/s1. The lowest BCUT2D eigenvalue weighted by Crippen LogP contribution is -2.54. The number of carbonyl (C=O) groups excluding carboxylic acids is 1. The van der Waals surface area contributed by atoms with Crippen molar-refractivity contribution in [1.29, 1.82) is 0 Å². The van der Waals surface area contributed by atoms with E-state index in [1.165, 1.54) is 6.33 Å². The second kappa shape index (κ2) is 9.85. The molecule has 0 bridgehead atoms. The first-order valence-corrected chi connectivity index (χ1v) is 13.6.